The third-order valence-corrected chi connectivity index (χ3v) is 5.91. The minimum absolute atomic E-state index is 0.00768. The van der Waals surface area contributed by atoms with E-state index in [-0.39, 0.29) is 23.5 Å². The molecule has 2 atom stereocenters. The van der Waals surface area contributed by atoms with Crippen LogP contribution in [0, 0.1) is 18.7 Å². The number of aromatic carboxylic acids is 1. The number of pyridine rings is 1. The third-order valence-electron chi connectivity index (χ3n) is 5.91. The van der Waals surface area contributed by atoms with Crippen LogP contribution in [0.2, 0.25) is 0 Å². The first-order valence-corrected chi connectivity index (χ1v) is 9.41. The maximum Gasteiger partial charge on any atom is 0.341 e. The molecule has 1 aromatic heterocycles. The number of carboxylic acids is 1. The Hall–Kier alpha value is -2.41. The Balaban J connectivity index is 1.93. The van der Waals surface area contributed by atoms with Crippen molar-refractivity contribution in [3.05, 3.63) is 39.4 Å². The zero-order chi connectivity index (χ0) is 19.5. The molecule has 0 bridgehead atoms. The molecule has 0 spiro atoms. The van der Waals surface area contributed by atoms with E-state index in [1.807, 2.05) is 18.7 Å². The second-order valence-corrected chi connectivity index (χ2v) is 7.89. The summed E-state index contributed by atoms with van der Waals surface area (Å²) in [5.41, 5.74) is 7.05. The summed E-state index contributed by atoms with van der Waals surface area (Å²) in [5.74, 6) is -1.36. The van der Waals surface area contributed by atoms with E-state index in [9.17, 15) is 14.7 Å². The molecule has 4 rings (SSSR count). The average Bonchev–Trinajstić information content (AvgIpc) is 3.31. The molecule has 144 valence electrons. The summed E-state index contributed by atoms with van der Waals surface area (Å²) in [4.78, 5) is 26.3. The molecule has 1 saturated carbocycles. The van der Waals surface area contributed by atoms with Crippen LogP contribution in [-0.2, 0) is 0 Å². The van der Waals surface area contributed by atoms with E-state index in [0.717, 1.165) is 25.8 Å². The fourth-order valence-corrected chi connectivity index (χ4v) is 4.30. The predicted molar refractivity (Wildman–Crippen MR) is 102 cm³/mol. The highest BCUT2D eigenvalue weighted by molar-refractivity contribution is 5.95. The summed E-state index contributed by atoms with van der Waals surface area (Å²) in [6.45, 7) is 5.19. The zero-order valence-electron chi connectivity index (χ0n) is 15.5. The summed E-state index contributed by atoms with van der Waals surface area (Å²) in [6.07, 6.45) is 2.57. The SMILES string of the molecule is Cc1c(N2CC[C@@H]([C@H](C)N)C2)c(F)cc2cc(C(=O)O)c(=O)n(C3CC3)c12. The van der Waals surface area contributed by atoms with Gasteiger partial charge in [0.1, 0.15) is 11.4 Å². The molecule has 2 fully saturated rings. The summed E-state index contributed by atoms with van der Waals surface area (Å²) in [6, 6.07) is 2.70. The summed E-state index contributed by atoms with van der Waals surface area (Å²) >= 11 is 0. The highest BCUT2D eigenvalue weighted by Crippen LogP contribution is 2.40. The van der Waals surface area contributed by atoms with Crippen LogP contribution in [0.15, 0.2) is 16.9 Å². The van der Waals surface area contributed by atoms with E-state index in [2.05, 4.69) is 0 Å². The van der Waals surface area contributed by atoms with Gasteiger partial charge in [-0.3, -0.25) is 4.79 Å². The summed E-state index contributed by atoms with van der Waals surface area (Å²) in [5, 5.41) is 9.83. The zero-order valence-corrected chi connectivity index (χ0v) is 15.5. The number of carboxylic acid groups (broad SMARTS) is 1. The Morgan fingerprint density at radius 3 is 2.59 bits per heavy atom. The van der Waals surface area contributed by atoms with Crippen molar-refractivity contribution in [2.45, 2.75) is 45.2 Å². The van der Waals surface area contributed by atoms with Gasteiger partial charge >= 0.3 is 5.97 Å². The quantitative estimate of drug-likeness (QED) is 0.860. The normalized spacial score (nSPS) is 21.0. The molecule has 0 amide bonds. The molecule has 1 aliphatic carbocycles. The Morgan fingerprint density at radius 2 is 2.04 bits per heavy atom. The lowest BCUT2D eigenvalue weighted by atomic mass is 10.0. The number of anilines is 1. The molecule has 1 aliphatic heterocycles. The molecule has 1 saturated heterocycles. The second kappa shape index (κ2) is 6.34. The van der Waals surface area contributed by atoms with Crippen LogP contribution in [0.4, 0.5) is 10.1 Å². The van der Waals surface area contributed by atoms with Gasteiger partial charge in [-0.15, -0.1) is 0 Å². The van der Waals surface area contributed by atoms with E-state index in [1.54, 1.807) is 4.57 Å². The molecule has 0 radical (unpaired) electrons. The standard InChI is InChI=1S/C20H24FN3O3/c1-10-17-13(7-15(20(26)27)19(25)24(17)14-3-4-14)8-16(21)18(10)23-6-5-12(9-23)11(2)22/h7-8,11-12,14H,3-6,9,22H2,1-2H3,(H,26,27)/t11-,12+/m0/s1. The molecule has 3 N–H and O–H groups in total. The molecule has 27 heavy (non-hydrogen) atoms. The van der Waals surface area contributed by atoms with Gasteiger partial charge in [0.05, 0.1) is 11.2 Å². The second-order valence-electron chi connectivity index (χ2n) is 7.89. The van der Waals surface area contributed by atoms with Crippen molar-refractivity contribution >= 4 is 22.6 Å². The molecular formula is C20H24FN3O3. The molecule has 6 nitrogen and oxygen atoms in total. The van der Waals surface area contributed by atoms with Gasteiger partial charge < -0.3 is 20.3 Å². The predicted octanol–water partition coefficient (Wildman–Crippen LogP) is 2.66. The summed E-state index contributed by atoms with van der Waals surface area (Å²) in [7, 11) is 0. The van der Waals surface area contributed by atoms with Crippen LogP contribution in [0.25, 0.3) is 10.9 Å². The van der Waals surface area contributed by atoms with Gasteiger partial charge in [-0.05, 0) is 56.7 Å². The number of nitrogens with two attached hydrogens (primary N) is 1. The van der Waals surface area contributed by atoms with Crippen LogP contribution < -0.4 is 16.2 Å². The van der Waals surface area contributed by atoms with Crippen LogP contribution in [-0.4, -0.2) is 34.8 Å². The van der Waals surface area contributed by atoms with Crippen LogP contribution in [0.3, 0.4) is 0 Å². The Bertz CT molecular complexity index is 994. The van der Waals surface area contributed by atoms with E-state index < -0.39 is 11.5 Å². The Kier molecular flexibility index (Phi) is 4.22. The Morgan fingerprint density at radius 1 is 1.33 bits per heavy atom. The van der Waals surface area contributed by atoms with Gasteiger partial charge in [-0.25, -0.2) is 9.18 Å². The average molecular weight is 373 g/mol. The fourth-order valence-electron chi connectivity index (χ4n) is 4.30. The van der Waals surface area contributed by atoms with Gasteiger partial charge in [0.25, 0.3) is 5.56 Å². The number of nitrogens with zero attached hydrogens (tertiary/aromatic N) is 2. The summed E-state index contributed by atoms with van der Waals surface area (Å²) < 4.78 is 16.6. The maximum absolute atomic E-state index is 15.0. The molecule has 0 unspecified atom stereocenters. The smallest absolute Gasteiger partial charge is 0.341 e. The topological polar surface area (TPSA) is 88.6 Å². The van der Waals surface area contributed by atoms with Gasteiger partial charge in [-0.2, -0.15) is 0 Å². The van der Waals surface area contributed by atoms with E-state index in [4.69, 9.17) is 5.73 Å². The maximum atomic E-state index is 15.0. The lowest BCUT2D eigenvalue weighted by Gasteiger charge is -2.25. The van der Waals surface area contributed by atoms with Crippen molar-refractivity contribution in [1.82, 2.24) is 4.57 Å². The number of carbonyl (C=O) groups is 1. The molecule has 1 aromatic carbocycles. The van der Waals surface area contributed by atoms with Crippen molar-refractivity contribution in [3.63, 3.8) is 0 Å². The van der Waals surface area contributed by atoms with Crippen LogP contribution in [0.5, 0.6) is 0 Å². The van der Waals surface area contributed by atoms with Gasteiger partial charge in [-0.1, -0.05) is 0 Å². The number of hydrogen-bond acceptors (Lipinski definition) is 4. The fraction of sp³-hybridized carbons (Fsp3) is 0.500. The lowest BCUT2D eigenvalue weighted by molar-refractivity contribution is 0.0694. The number of rotatable bonds is 4. The largest absolute Gasteiger partial charge is 0.477 e. The van der Waals surface area contributed by atoms with Crippen molar-refractivity contribution in [2.24, 2.45) is 11.7 Å². The third kappa shape index (κ3) is 2.90. The van der Waals surface area contributed by atoms with Crippen LogP contribution in [0.1, 0.15) is 48.1 Å². The minimum Gasteiger partial charge on any atom is -0.477 e. The first-order valence-electron chi connectivity index (χ1n) is 9.41. The number of aryl methyl sites for hydroxylation is 1. The number of aromatic nitrogens is 1. The number of halogens is 1. The van der Waals surface area contributed by atoms with Crippen molar-refractivity contribution in [2.75, 3.05) is 18.0 Å². The van der Waals surface area contributed by atoms with E-state index >= 15 is 4.39 Å². The number of hydrogen-bond donors (Lipinski definition) is 2. The van der Waals surface area contributed by atoms with Crippen molar-refractivity contribution in [3.8, 4) is 0 Å². The molecule has 2 aliphatic rings. The van der Waals surface area contributed by atoms with Gasteiger partial charge in [0.2, 0.25) is 0 Å². The first-order chi connectivity index (χ1) is 12.8. The van der Waals surface area contributed by atoms with E-state index in [1.165, 1.54) is 12.1 Å². The van der Waals surface area contributed by atoms with Crippen molar-refractivity contribution < 1.29 is 14.3 Å². The van der Waals surface area contributed by atoms with E-state index in [0.29, 0.717) is 34.6 Å². The number of fused-ring (bicyclic) bond motifs is 1. The highest BCUT2D eigenvalue weighted by atomic mass is 19.1. The molecule has 2 aromatic rings. The molecule has 2 heterocycles. The molecular weight excluding hydrogens is 349 g/mol. The van der Waals surface area contributed by atoms with Crippen molar-refractivity contribution in [1.29, 1.82) is 0 Å². The van der Waals surface area contributed by atoms with Crippen LogP contribution >= 0.6 is 0 Å². The monoisotopic (exact) mass is 373 g/mol. The van der Waals surface area contributed by atoms with Gasteiger partial charge in [0, 0.05) is 30.6 Å². The Labute approximate surface area is 156 Å². The lowest BCUT2D eigenvalue weighted by Crippen LogP contribution is -2.31. The number of benzene rings is 1. The highest BCUT2D eigenvalue weighted by Gasteiger charge is 2.32. The van der Waals surface area contributed by atoms with Gasteiger partial charge in [0.15, 0.2) is 0 Å². The molecule has 7 heteroatoms. The minimum atomic E-state index is -1.28. The first kappa shape index (κ1) is 18.0.